The van der Waals surface area contributed by atoms with Crippen LogP contribution in [0.4, 0.5) is 18.9 Å². The Hall–Kier alpha value is -9.66. The van der Waals surface area contributed by atoms with E-state index in [9.17, 15) is 0 Å². The van der Waals surface area contributed by atoms with Gasteiger partial charge in [0.25, 0.3) is 5.90 Å². The number of halogens is 3. The molecule has 10 unspecified atom stereocenters. The topological polar surface area (TPSA) is 160 Å². The Morgan fingerprint density at radius 2 is 0.690 bits per heavy atom. The molecule has 0 aromatic heterocycles. The maximum atomic E-state index is 16.3. The second-order valence-electron chi connectivity index (χ2n) is 28.1. The Morgan fingerprint density at radius 1 is 0.327 bits per heavy atom. The maximum Gasteiger partial charge on any atom is 0.468 e. The fraction of sp³-hybridized carbons (Fsp3) is 0.301. The van der Waals surface area contributed by atoms with Crippen LogP contribution in [0.5, 0.6) is 0 Å². The van der Waals surface area contributed by atoms with Crippen molar-refractivity contribution in [1.82, 2.24) is 0 Å². The highest BCUT2D eigenvalue weighted by atomic mass is 19.4. The minimum Gasteiger partial charge on any atom is -0.441 e. The average Bonchev–Trinajstić information content (AvgIpc) is 0.751. The van der Waals surface area contributed by atoms with E-state index in [-0.39, 0.29) is 78.4 Å². The summed E-state index contributed by atoms with van der Waals surface area (Å²) in [5.74, 6) is -1.65. The molecular formula is C93H90F3NO16. The number of nitrogens with zero attached hydrogens (tertiary/aromatic N) is 1. The van der Waals surface area contributed by atoms with Gasteiger partial charge in [-0.05, 0) is 73.5 Å². The summed E-state index contributed by atoms with van der Waals surface area (Å²) < 4.78 is 164. The second-order valence-corrected chi connectivity index (χ2v) is 28.1. The molecule has 0 N–H and O–H groups in total. The van der Waals surface area contributed by atoms with Crippen LogP contribution in [0.3, 0.4) is 0 Å². The molecule has 0 spiro atoms. The molecule has 20 heteroatoms. The van der Waals surface area contributed by atoms with Crippen molar-refractivity contribution in [2.75, 3.05) is 19.8 Å². The lowest BCUT2D eigenvalue weighted by Crippen LogP contribution is -2.69. The van der Waals surface area contributed by atoms with Crippen LogP contribution in [-0.2, 0) is 129 Å². The monoisotopic (exact) mass is 1530 g/mol. The van der Waals surface area contributed by atoms with Crippen LogP contribution in [-0.4, -0.2) is 124 Å². The van der Waals surface area contributed by atoms with E-state index in [0.717, 1.165) is 55.3 Å². The summed E-state index contributed by atoms with van der Waals surface area (Å²) in [6, 6.07) is 98.6. The van der Waals surface area contributed by atoms with Crippen LogP contribution >= 0.6 is 0 Å². The maximum absolute atomic E-state index is 16.3. The lowest BCUT2D eigenvalue weighted by atomic mass is 9.95. The van der Waals surface area contributed by atoms with Gasteiger partial charge in [0.2, 0.25) is 6.29 Å². The Balaban J connectivity index is 0.896. The van der Waals surface area contributed by atoms with Gasteiger partial charge in [0.15, 0.2) is 25.0 Å². The molecule has 113 heavy (non-hydrogen) atoms. The number of hydrogen-bond acceptors (Lipinski definition) is 17. The minimum absolute atomic E-state index is 0.00443. The largest absolute Gasteiger partial charge is 0.468 e. The first kappa shape index (κ1) is 78.6. The molecule has 4 aliphatic rings. The number of aliphatic imine (C=N–C) groups is 1. The lowest BCUT2D eigenvalue weighted by Gasteiger charge is -2.52. The van der Waals surface area contributed by atoms with E-state index in [1.165, 1.54) is 12.1 Å². The third-order valence-electron chi connectivity index (χ3n) is 20.0. The van der Waals surface area contributed by atoms with E-state index in [0.29, 0.717) is 5.56 Å². The van der Waals surface area contributed by atoms with Crippen LogP contribution < -0.4 is 0 Å². The van der Waals surface area contributed by atoms with E-state index in [4.69, 9.17) is 75.8 Å². The number of ether oxygens (including phenoxy) is 16. The molecule has 0 aliphatic carbocycles. The zero-order chi connectivity index (χ0) is 76.8. The Morgan fingerprint density at radius 3 is 1.15 bits per heavy atom. The first-order valence-corrected chi connectivity index (χ1v) is 38.2. The van der Waals surface area contributed by atoms with E-state index in [2.05, 4.69) is 29.3 Å². The van der Waals surface area contributed by atoms with Gasteiger partial charge in [-0.3, -0.25) is 0 Å². The molecule has 4 saturated heterocycles. The van der Waals surface area contributed by atoms with Crippen molar-refractivity contribution in [3.05, 3.63) is 366 Å². The van der Waals surface area contributed by atoms with Gasteiger partial charge in [-0.15, -0.1) is 0 Å². The molecule has 4 fully saturated rings. The van der Waals surface area contributed by atoms with Crippen molar-refractivity contribution < 1.29 is 89.0 Å². The number of rotatable bonds is 33. The van der Waals surface area contributed by atoms with Crippen LogP contribution in [0.25, 0.3) is 10.8 Å². The van der Waals surface area contributed by atoms with E-state index >= 15 is 13.2 Å². The van der Waals surface area contributed by atoms with Crippen molar-refractivity contribution >= 4 is 22.4 Å². The summed E-state index contributed by atoms with van der Waals surface area (Å²) >= 11 is 0. The standard InChI is InChI=1S/C93H90F3NO16/c94-93(95,96)92(97-75-48-26-9-27-49-75)113-91-87(83(103-58-69-40-20-6-21-41-69)80(101-56-67-36-16-4-17-37-67)77(108-91)62-99-54-65-32-12-2-13-33-65)112-90-86(82(102-57-68-38-18-5-19-39-68)79(100-55-66-34-14-3-15-35-66)76(107-90)61-98-53-64-30-10-1-11-31-64)111-89-85(105-59-70-42-22-7-23-43-70)84(104-60-71-50-51-72-44-28-29-47-74(72)52-71)81-78(109-89)63-106-88(110-81)73-45-24-8-25-46-73/h1-52,76-91H,53-63H2/t76?,77?,78?,79-,80-,81-,82?,83?,84?,85?,86?,87?,88?,89+,90-,91-/m1/s1. The molecule has 11 aromatic rings. The Bertz CT molecular complexity index is 4660. The SMILES string of the molecule is FC(F)(F)C(=Nc1ccccc1)O[C@H]1OC(COCc2ccccc2)[C@@H](OCc2ccccc2)C(OCc2ccccc2)C1O[C@H]1OC(COCc2ccccc2)[C@@H](OCc2ccccc2)C(OCc2ccccc2)C1O[C@@H]1OC2COC(c3ccccc3)O[C@H]2C(OCc2ccc3ccccc3c2)C1OCc1ccccc1. The van der Waals surface area contributed by atoms with E-state index < -0.39 is 110 Å². The predicted octanol–water partition coefficient (Wildman–Crippen LogP) is 17.5. The molecule has 16 atom stereocenters. The molecule has 4 heterocycles. The van der Waals surface area contributed by atoms with Gasteiger partial charge < -0.3 is 75.8 Å². The molecule has 0 saturated carbocycles. The molecule has 0 bridgehead atoms. The van der Waals surface area contributed by atoms with Gasteiger partial charge in [0, 0.05) is 5.56 Å². The highest BCUT2D eigenvalue weighted by molar-refractivity contribution is 5.85. The summed E-state index contributed by atoms with van der Waals surface area (Å²) in [7, 11) is 0. The van der Waals surface area contributed by atoms with Crippen LogP contribution in [0, 0.1) is 0 Å². The summed E-state index contributed by atoms with van der Waals surface area (Å²) in [6.07, 6.45) is -25.9. The highest BCUT2D eigenvalue weighted by Gasteiger charge is 2.59. The van der Waals surface area contributed by atoms with Crippen molar-refractivity contribution in [3.63, 3.8) is 0 Å². The summed E-state index contributed by atoms with van der Waals surface area (Å²) in [6.45, 7) is -0.158. The van der Waals surface area contributed by atoms with Gasteiger partial charge in [0.05, 0.1) is 78.4 Å². The van der Waals surface area contributed by atoms with Crippen molar-refractivity contribution in [1.29, 1.82) is 0 Å². The highest BCUT2D eigenvalue weighted by Crippen LogP contribution is 2.43. The zero-order valence-electron chi connectivity index (χ0n) is 62.2. The fourth-order valence-electron chi connectivity index (χ4n) is 14.4. The van der Waals surface area contributed by atoms with Gasteiger partial charge in [-0.25, -0.2) is 4.99 Å². The number of para-hydroxylation sites is 1. The van der Waals surface area contributed by atoms with Crippen molar-refractivity contribution in [3.8, 4) is 0 Å². The van der Waals surface area contributed by atoms with Gasteiger partial charge in [0.1, 0.15) is 67.1 Å². The first-order valence-electron chi connectivity index (χ1n) is 38.2. The van der Waals surface area contributed by atoms with Crippen LogP contribution in [0.1, 0.15) is 56.4 Å². The zero-order valence-corrected chi connectivity index (χ0v) is 62.2. The first-order chi connectivity index (χ1) is 55.6. The Kier molecular flexibility index (Phi) is 27.4. The number of alkyl halides is 3. The predicted molar refractivity (Wildman–Crippen MR) is 416 cm³/mol. The molecule has 0 radical (unpaired) electrons. The lowest BCUT2D eigenvalue weighted by molar-refractivity contribution is -0.413. The summed E-state index contributed by atoms with van der Waals surface area (Å²) in [5.41, 5.74) is 7.19. The number of hydrogen-bond donors (Lipinski definition) is 0. The van der Waals surface area contributed by atoms with E-state index in [1.807, 2.05) is 261 Å². The summed E-state index contributed by atoms with van der Waals surface area (Å²) in [5, 5.41) is 2.07. The quantitative estimate of drug-likeness (QED) is 0.0282. The van der Waals surface area contributed by atoms with E-state index in [1.54, 1.807) is 18.2 Å². The van der Waals surface area contributed by atoms with Gasteiger partial charge in [-0.1, -0.05) is 297 Å². The summed E-state index contributed by atoms with van der Waals surface area (Å²) in [4.78, 5) is 4.15. The fourth-order valence-corrected chi connectivity index (χ4v) is 14.4. The third-order valence-corrected chi connectivity index (χ3v) is 20.0. The smallest absolute Gasteiger partial charge is 0.441 e. The second kappa shape index (κ2) is 39.4. The molecule has 584 valence electrons. The normalized spacial score (nSPS) is 25.3. The molecule has 15 rings (SSSR count). The van der Waals surface area contributed by atoms with Crippen molar-refractivity contribution in [2.24, 2.45) is 4.99 Å². The molecule has 4 aliphatic heterocycles. The third kappa shape index (κ3) is 21.4. The Labute approximate surface area is 655 Å². The molecule has 11 aromatic carbocycles. The molecule has 0 amide bonds. The number of fused-ring (bicyclic) bond motifs is 2. The van der Waals surface area contributed by atoms with Gasteiger partial charge >= 0.3 is 6.18 Å². The molecular weight excluding hydrogens is 1440 g/mol. The number of benzene rings is 11. The average molecular weight is 1530 g/mol. The molecule has 17 nitrogen and oxygen atoms in total. The van der Waals surface area contributed by atoms with Crippen LogP contribution in [0.2, 0.25) is 0 Å². The van der Waals surface area contributed by atoms with Crippen LogP contribution in [0.15, 0.2) is 320 Å². The van der Waals surface area contributed by atoms with Gasteiger partial charge in [-0.2, -0.15) is 13.2 Å². The minimum atomic E-state index is -5.23. The van der Waals surface area contributed by atoms with Crippen molar-refractivity contribution in [2.45, 2.75) is 157 Å².